The van der Waals surface area contributed by atoms with Crippen LogP contribution < -0.4 is 5.32 Å². The monoisotopic (exact) mass is 193 g/mol. The summed E-state index contributed by atoms with van der Waals surface area (Å²) in [6, 6.07) is 0.459. The third kappa shape index (κ3) is 2.62. The summed E-state index contributed by atoms with van der Waals surface area (Å²) < 4.78 is 2.08. The Morgan fingerprint density at radius 2 is 2.43 bits per heavy atom. The van der Waals surface area contributed by atoms with E-state index in [2.05, 4.69) is 35.3 Å². The summed E-state index contributed by atoms with van der Waals surface area (Å²) in [5.41, 5.74) is 1.04. The third-order valence-electron chi connectivity index (χ3n) is 2.21. The average molecular weight is 193 g/mol. The van der Waals surface area contributed by atoms with Gasteiger partial charge in [-0.05, 0) is 20.3 Å². The van der Waals surface area contributed by atoms with Crippen molar-refractivity contribution in [3.05, 3.63) is 24.5 Å². The highest BCUT2D eigenvalue weighted by molar-refractivity contribution is 5.30. The molecule has 1 aromatic heterocycles. The molecule has 0 aliphatic heterocycles. The topological polar surface area (TPSA) is 29.9 Å². The lowest BCUT2D eigenvalue weighted by molar-refractivity contribution is 0.728. The highest BCUT2D eigenvalue weighted by Gasteiger charge is 2.06. The first kappa shape index (κ1) is 10.8. The van der Waals surface area contributed by atoms with E-state index < -0.39 is 0 Å². The SMILES string of the molecule is C=CCn1cc(C)nc1NC(C)CC. The molecule has 1 heterocycles. The summed E-state index contributed by atoms with van der Waals surface area (Å²) in [6.07, 6.45) is 5.01. The first-order valence-corrected chi connectivity index (χ1v) is 5.08. The van der Waals surface area contributed by atoms with Crippen molar-refractivity contribution in [2.24, 2.45) is 0 Å². The quantitative estimate of drug-likeness (QED) is 0.728. The summed E-state index contributed by atoms with van der Waals surface area (Å²) in [4.78, 5) is 4.42. The molecule has 14 heavy (non-hydrogen) atoms. The van der Waals surface area contributed by atoms with Gasteiger partial charge in [0.2, 0.25) is 5.95 Å². The molecule has 1 N–H and O–H groups in total. The number of anilines is 1. The van der Waals surface area contributed by atoms with E-state index in [4.69, 9.17) is 0 Å². The lowest BCUT2D eigenvalue weighted by Crippen LogP contribution is -2.17. The van der Waals surface area contributed by atoms with Crippen LogP contribution in [0.15, 0.2) is 18.9 Å². The highest BCUT2D eigenvalue weighted by atomic mass is 15.2. The molecule has 0 bridgehead atoms. The smallest absolute Gasteiger partial charge is 0.203 e. The van der Waals surface area contributed by atoms with Crippen LogP contribution in [0.1, 0.15) is 26.0 Å². The van der Waals surface area contributed by atoms with Gasteiger partial charge in [0.15, 0.2) is 0 Å². The highest BCUT2D eigenvalue weighted by Crippen LogP contribution is 2.10. The number of aromatic nitrogens is 2. The van der Waals surface area contributed by atoms with Crippen molar-refractivity contribution in [3.63, 3.8) is 0 Å². The van der Waals surface area contributed by atoms with Crippen LogP contribution in [-0.2, 0) is 6.54 Å². The fourth-order valence-electron chi connectivity index (χ4n) is 1.26. The van der Waals surface area contributed by atoms with E-state index in [0.29, 0.717) is 6.04 Å². The van der Waals surface area contributed by atoms with Crippen molar-refractivity contribution in [1.82, 2.24) is 9.55 Å². The molecule has 0 aromatic carbocycles. The molecular formula is C11H19N3. The maximum absolute atomic E-state index is 4.42. The van der Waals surface area contributed by atoms with Crippen molar-refractivity contribution in [2.75, 3.05) is 5.32 Å². The molecule has 1 atom stereocenters. The molecule has 0 saturated carbocycles. The molecule has 0 amide bonds. The summed E-state index contributed by atoms with van der Waals surface area (Å²) >= 11 is 0. The number of allylic oxidation sites excluding steroid dienone is 1. The minimum Gasteiger partial charge on any atom is -0.353 e. The van der Waals surface area contributed by atoms with Gasteiger partial charge in [-0.2, -0.15) is 0 Å². The molecule has 0 fully saturated rings. The van der Waals surface area contributed by atoms with Crippen LogP contribution in [0.4, 0.5) is 5.95 Å². The molecule has 0 aliphatic rings. The van der Waals surface area contributed by atoms with E-state index in [9.17, 15) is 0 Å². The Labute approximate surface area is 85.8 Å². The predicted molar refractivity (Wildman–Crippen MR) is 60.5 cm³/mol. The van der Waals surface area contributed by atoms with Crippen LogP contribution in [-0.4, -0.2) is 15.6 Å². The Kier molecular flexibility index (Phi) is 3.74. The third-order valence-corrected chi connectivity index (χ3v) is 2.21. The normalized spacial score (nSPS) is 12.5. The molecule has 0 saturated heterocycles. The summed E-state index contributed by atoms with van der Waals surface area (Å²) in [7, 11) is 0. The second-order valence-corrected chi connectivity index (χ2v) is 3.60. The zero-order chi connectivity index (χ0) is 10.6. The van der Waals surface area contributed by atoms with Gasteiger partial charge in [0.05, 0.1) is 5.69 Å². The Morgan fingerprint density at radius 1 is 1.71 bits per heavy atom. The van der Waals surface area contributed by atoms with Gasteiger partial charge in [0, 0.05) is 18.8 Å². The van der Waals surface area contributed by atoms with E-state index in [1.54, 1.807) is 0 Å². The van der Waals surface area contributed by atoms with E-state index in [1.165, 1.54) is 0 Å². The van der Waals surface area contributed by atoms with E-state index in [0.717, 1.165) is 24.6 Å². The predicted octanol–water partition coefficient (Wildman–Crippen LogP) is 2.59. The zero-order valence-electron chi connectivity index (χ0n) is 9.25. The number of nitrogens with one attached hydrogen (secondary N) is 1. The summed E-state index contributed by atoms with van der Waals surface area (Å²) in [6.45, 7) is 10.8. The molecular weight excluding hydrogens is 174 g/mol. The lowest BCUT2D eigenvalue weighted by Gasteiger charge is -2.12. The number of rotatable bonds is 5. The molecule has 0 aliphatic carbocycles. The molecule has 1 aromatic rings. The Balaban J connectivity index is 2.78. The average Bonchev–Trinajstić information content (AvgIpc) is 2.47. The number of hydrogen-bond acceptors (Lipinski definition) is 2. The van der Waals surface area contributed by atoms with Gasteiger partial charge in [-0.3, -0.25) is 0 Å². The molecule has 0 spiro atoms. The summed E-state index contributed by atoms with van der Waals surface area (Å²) in [5.74, 6) is 0.941. The lowest BCUT2D eigenvalue weighted by atomic mass is 10.3. The maximum Gasteiger partial charge on any atom is 0.203 e. The maximum atomic E-state index is 4.42. The molecule has 1 rings (SSSR count). The molecule has 3 nitrogen and oxygen atoms in total. The van der Waals surface area contributed by atoms with Gasteiger partial charge in [-0.15, -0.1) is 6.58 Å². The minimum absolute atomic E-state index is 0.459. The fourth-order valence-corrected chi connectivity index (χ4v) is 1.26. The largest absolute Gasteiger partial charge is 0.353 e. The van der Waals surface area contributed by atoms with Crippen molar-refractivity contribution in [3.8, 4) is 0 Å². The molecule has 3 heteroatoms. The first-order valence-electron chi connectivity index (χ1n) is 5.08. The van der Waals surface area contributed by atoms with Crippen LogP contribution in [0.5, 0.6) is 0 Å². The number of imidazole rings is 1. The zero-order valence-corrected chi connectivity index (χ0v) is 9.25. The van der Waals surface area contributed by atoms with Gasteiger partial charge >= 0.3 is 0 Å². The Hall–Kier alpha value is -1.25. The van der Waals surface area contributed by atoms with Crippen molar-refractivity contribution in [1.29, 1.82) is 0 Å². The molecule has 78 valence electrons. The van der Waals surface area contributed by atoms with Crippen LogP contribution in [0.3, 0.4) is 0 Å². The van der Waals surface area contributed by atoms with Crippen LogP contribution in [0, 0.1) is 6.92 Å². The van der Waals surface area contributed by atoms with Gasteiger partial charge in [0.1, 0.15) is 0 Å². The van der Waals surface area contributed by atoms with Crippen molar-refractivity contribution >= 4 is 5.95 Å². The number of aryl methyl sites for hydroxylation is 1. The first-order chi connectivity index (χ1) is 6.67. The second kappa shape index (κ2) is 4.84. The van der Waals surface area contributed by atoms with Gasteiger partial charge in [-0.1, -0.05) is 13.0 Å². The van der Waals surface area contributed by atoms with Crippen molar-refractivity contribution < 1.29 is 0 Å². The Bertz CT molecular complexity index is 301. The van der Waals surface area contributed by atoms with Crippen molar-refractivity contribution in [2.45, 2.75) is 39.8 Å². The molecule has 0 radical (unpaired) electrons. The van der Waals surface area contributed by atoms with Crippen LogP contribution in [0.2, 0.25) is 0 Å². The second-order valence-electron chi connectivity index (χ2n) is 3.60. The van der Waals surface area contributed by atoms with E-state index >= 15 is 0 Å². The van der Waals surface area contributed by atoms with E-state index in [1.807, 2.05) is 19.2 Å². The van der Waals surface area contributed by atoms with E-state index in [-0.39, 0.29) is 0 Å². The summed E-state index contributed by atoms with van der Waals surface area (Å²) in [5, 5.41) is 3.37. The van der Waals surface area contributed by atoms with Crippen LogP contribution in [0.25, 0.3) is 0 Å². The number of hydrogen-bond donors (Lipinski definition) is 1. The number of nitrogens with zero attached hydrogens (tertiary/aromatic N) is 2. The van der Waals surface area contributed by atoms with Crippen LogP contribution >= 0.6 is 0 Å². The minimum atomic E-state index is 0.459. The van der Waals surface area contributed by atoms with Gasteiger partial charge < -0.3 is 9.88 Å². The van der Waals surface area contributed by atoms with Gasteiger partial charge in [-0.25, -0.2) is 4.98 Å². The fraction of sp³-hybridized carbons (Fsp3) is 0.545. The standard InChI is InChI=1S/C11H19N3/c1-5-7-14-8-10(4)13-11(14)12-9(3)6-2/h5,8-9H,1,6-7H2,2-4H3,(H,12,13). The van der Waals surface area contributed by atoms with Gasteiger partial charge in [0.25, 0.3) is 0 Å². The molecule has 1 unspecified atom stereocenters. The Morgan fingerprint density at radius 3 is 3.00 bits per heavy atom.